The van der Waals surface area contributed by atoms with Crippen LogP contribution in [0.15, 0.2) is 0 Å². The molecule has 0 spiro atoms. The fraction of sp³-hybridized carbons (Fsp3) is 0.933. The Morgan fingerprint density at radius 3 is 2.38 bits per heavy atom. The van der Waals surface area contributed by atoms with E-state index >= 15 is 0 Å². The normalized spacial score (nSPS) is 27.1. The van der Waals surface area contributed by atoms with E-state index in [0.29, 0.717) is 18.8 Å². The smallest absolute Gasteiger partial charge is 0.243 e. The summed E-state index contributed by atoms with van der Waals surface area (Å²) in [5.41, 5.74) is -0.889. The third-order valence-electron chi connectivity index (χ3n) is 4.80. The van der Waals surface area contributed by atoms with E-state index in [1.807, 2.05) is 4.90 Å². The number of rotatable bonds is 3. The molecular weight excluding hydrogens is 288 g/mol. The van der Waals surface area contributed by atoms with Crippen molar-refractivity contribution in [2.75, 3.05) is 19.3 Å². The van der Waals surface area contributed by atoms with Crippen molar-refractivity contribution in [3.63, 3.8) is 0 Å². The molecule has 0 unspecified atom stereocenters. The number of nitrogens with one attached hydrogen (secondary N) is 1. The van der Waals surface area contributed by atoms with Crippen molar-refractivity contribution in [1.29, 1.82) is 0 Å². The number of carbonyl (C=O) groups is 1. The molecule has 2 aliphatic rings. The first-order valence-corrected chi connectivity index (χ1v) is 10.00. The minimum absolute atomic E-state index is 0.00160. The van der Waals surface area contributed by atoms with Gasteiger partial charge in [-0.05, 0) is 38.0 Å². The van der Waals surface area contributed by atoms with Crippen molar-refractivity contribution in [3.05, 3.63) is 0 Å². The molecule has 2 rings (SSSR count). The van der Waals surface area contributed by atoms with Crippen molar-refractivity contribution < 1.29 is 13.2 Å². The Bertz CT molecular complexity index is 469. The molecule has 1 saturated heterocycles. The Kier molecular flexibility index (Phi) is 5.30. The van der Waals surface area contributed by atoms with E-state index in [-0.39, 0.29) is 5.91 Å². The van der Waals surface area contributed by atoms with Crippen LogP contribution in [0.1, 0.15) is 58.3 Å². The average molecular weight is 316 g/mol. The van der Waals surface area contributed by atoms with Gasteiger partial charge in [-0.3, -0.25) is 4.79 Å². The van der Waals surface area contributed by atoms with Crippen LogP contribution in [0.3, 0.4) is 0 Å². The Hall–Kier alpha value is -0.620. The van der Waals surface area contributed by atoms with Crippen LogP contribution in [0.25, 0.3) is 0 Å². The highest BCUT2D eigenvalue weighted by Gasteiger charge is 2.44. The number of sulfonamides is 1. The van der Waals surface area contributed by atoms with Crippen LogP contribution in [0, 0.1) is 5.92 Å². The number of carbonyl (C=O) groups excluding carboxylic acids is 1. The minimum Gasteiger partial charge on any atom is -0.341 e. The Morgan fingerprint density at radius 2 is 1.76 bits per heavy atom. The summed E-state index contributed by atoms with van der Waals surface area (Å²) in [5, 5.41) is 0. The predicted octanol–water partition coefficient (Wildman–Crippen LogP) is 1.89. The zero-order valence-corrected chi connectivity index (χ0v) is 14.0. The molecule has 0 aromatic heterocycles. The number of nitrogens with zero attached hydrogens (tertiary/aromatic N) is 1. The van der Waals surface area contributed by atoms with Gasteiger partial charge in [-0.1, -0.05) is 26.2 Å². The summed E-state index contributed by atoms with van der Waals surface area (Å²) in [5.74, 6) is 0.648. The van der Waals surface area contributed by atoms with E-state index in [2.05, 4.69) is 11.6 Å². The van der Waals surface area contributed by atoms with Crippen molar-refractivity contribution in [2.45, 2.75) is 63.8 Å². The van der Waals surface area contributed by atoms with Crippen LogP contribution in [-0.2, 0) is 14.8 Å². The van der Waals surface area contributed by atoms with Gasteiger partial charge < -0.3 is 4.90 Å². The highest BCUT2D eigenvalue weighted by molar-refractivity contribution is 7.88. The van der Waals surface area contributed by atoms with E-state index in [1.54, 1.807) is 0 Å². The molecule has 21 heavy (non-hydrogen) atoms. The lowest BCUT2D eigenvalue weighted by molar-refractivity contribution is -0.139. The first-order chi connectivity index (χ1) is 9.82. The summed E-state index contributed by atoms with van der Waals surface area (Å²) in [7, 11) is -3.38. The molecule has 5 nitrogen and oxygen atoms in total. The SMILES string of the molecule is C[C@H]1CCCN(C(=O)C2(NS(C)(=O)=O)CCCCC2)CC1. The molecule has 1 atom stereocenters. The molecule has 1 heterocycles. The monoisotopic (exact) mass is 316 g/mol. The van der Waals surface area contributed by atoms with E-state index in [0.717, 1.165) is 57.9 Å². The van der Waals surface area contributed by atoms with E-state index < -0.39 is 15.6 Å². The molecule has 6 heteroatoms. The average Bonchev–Trinajstić information content (AvgIpc) is 2.62. The second kappa shape index (κ2) is 6.65. The molecule has 0 bridgehead atoms. The lowest BCUT2D eigenvalue weighted by Crippen LogP contribution is -2.60. The first kappa shape index (κ1) is 16.7. The topological polar surface area (TPSA) is 66.5 Å². The van der Waals surface area contributed by atoms with E-state index in [4.69, 9.17) is 0 Å². The van der Waals surface area contributed by atoms with Crippen LogP contribution in [-0.4, -0.2) is 44.1 Å². The molecule has 122 valence electrons. The maximum absolute atomic E-state index is 13.0. The van der Waals surface area contributed by atoms with Crippen molar-refractivity contribution in [1.82, 2.24) is 9.62 Å². The van der Waals surface area contributed by atoms with Crippen LogP contribution >= 0.6 is 0 Å². The number of hydrogen-bond acceptors (Lipinski definition) is 3. The van der Waals surface area contributed by atoms with Gasteiger partial charge in [0.25, 0.3) is 0 Å². The lowest BCUT2D eigenvalue weighted by atomic mass is 9.81. The van der Waals surface area contributed by atoms with Crippen molar-refractivity contribution in [3.8, 4) is 0 Å². The lowest BCUT2D eigenvalue weighted by Gasteiger charge is -2.39. The molecule has 0 radical (unpaired) electrons. The fourth-order valence-corrected chi connectivity index (χ4v) is 4.64. The second-order valence-electron chi connectivity index (χ2n) is 6.85. The van der Waals surface area contributed by atoms with E-state index in [9.17, 15) is 13.2 Å². The largest absolute Gasteiger partial charge is 0.341 e. The van der Waals surface area contributed by atoms with Gasteiger partial charge in [0.15, 0.2) is 0 Å². The summed E-state index contributed by atoms with van der Waals surface area (Å²) >= 11 is 0. The highest BCUT2D eigenvalue weighted by atomic mass is 32.2. The van der Waals surface area contributed by atoms with E-state index in [1.165, 1.54) is 0 Å². The minimum atomic E-state index is -3.38. The summed E-state index contributed by atoms with van der Waals surface area (Å²) in [4.78, 5) is 14.9. The maximum atomic E-state index is 13.0. The van der Waals surface area contributed by atoms with Crippen molar-refractivity contribution in [2.24, 2.45) is 5.92 Å². The maximum Gasteiger partial charge on any atom is 0.243 e. The summed E-state index contributed by atoms with van der Waals surface area (Å²) in [6, 6.07) is 0. The van der Waals surface area contributed by atoms with Crippen LogP contribution in [0.2, 0.25) is 0 Å². The quantitative estimate of drug-likeness (QED) is 0.864. The summed E-state index contributed by atoms with van der Waals surface area (Å²) < 4.78 is 26.1. The molecule has 1 aliphatic heterocycles. The molecular formula is C15H28N2O3S. The van der Waals surface area contributed by atoms with Gasteiger partial charge in [0.2, 0.25) is 15.9 Å². The van der Waals surface area contributed by atoms with Gasteiger partial charge in [0.05, 0.1) is 6.26 Å². The van der Waals surface area contributed by atoms with Gasteiger partial charge in [-0.2, -0.15) is 4.72 Å². The van der Waals surface area contributed by atoms with Crippen LogP contribution < -0.4 is 4.72 Å². The second-order valence-corrected chi connectivity index (χ2v) is 8.59. The standard InChI is InChI=1S/C15H28N2O3S/c1-13-7-6-11-17(12-8-13)14(18)15(16-21(2,19)20)9-4-3-5-10-15/h13,16H,3-12H2,1-2H3/t13-/m0/s1. The zero-order chi connectivity index (χ0) is 15.5. The Balaban J connectivity index is 2.17. The van der Waals surface area contributed by atoms with Gasteiger partial charge in [0, 0.05) is 13.1 Å². The number of likely N-dealkylation sites (tertiary alicyclic amines) is 1. The van der Waals surface area contributed by atoms with Gasteiger partial charge in [-0.15, -0.1) is 0 Å². The van der Waals surface area contributed by atoms with Gasteiger partial charge in [-0.25, -0.2) is 8.42 Å². The fourth-order valence-electron chi connectivity index (χ4n) is 3.64. The molecule has 1 aliphatic carbocycles. The third kappa shape index (κ3) is 4.42. The predicted molar refractivity (Wildman–Crippen MR) is 83.4 cm³/mol. The highest BCUT2D eigenvalue weighted by Crippen LogP contribution is 2.31. The molecule has 0 aromatic rings. The molecule has 0 aromatic carbocycles. The molecule has 1 amide bonds. The first-order valence-electron chi connectivity index (χ1n) is 8.11. The van der Waals surface area contributed by atoms with Crippen LogP contribution in [0.4, 0.5) is 0 Å². The molecule has 1 N–H and O–H groups in total. The van der Waals surface area contributed by atoms with Crippen LogP contribution in [0.5, 0.6) is 0 Å². The van der Waals surface area contributed by atoms with Crippen molar-refractivity contribution >= 4 is 15.9 Å². The molecule has 2 fully saturated rings. The van der Waals surface area contributed by atoms with Gasteiger partial charge >= 0.3 is 0 Å². The summed E-state index contributed by atoms with van der Waals surface area (Å²) in [6.07, 6.45) is 8.50. The summed E-state index contributed by atoms with van der Waals surface area (Å²) in [6.45, 7) is 3.74. The zero-order valence-electron chi connectivity index (χ0n) is 13.2. The Morgan fingerprint density at radius 1 is 1.10 bits per heavy atom. The Labute approximate surface area is 128 Å². The molecule has 1 saturated carbocycles. The third-order valence-corrected chi connectivity index (χ3v) is 5.56. The van der Waals surface area contributed by atoms with Gasteiger partial charge in [0.1, 0.15) is 5.54 Å². The number of hydrogen-bond donors (Lipinski definition) is 1. The number of amides is 1.